The van der Waals surface area contributed by atoms with Gasteiger partial charge in [-0.05, 0) is 68.0 Å². The van der Waals surface area contributed by atoms with Gasteiger partial charge in [-0.15, -0.1) is 0 Å². The lowest BCUT2D eigenvalue weighted by molar-refractivity contribution is 0.0723. The topological polar surface area (TPSA) is 62.7 Å². The molecule has 2 aliphatic heterocycles. The summed E-state index contributed by atoms with van der Waals surface area (Å²) in [6, 6.07) is 7.67. The molecule has 162 valence electrons. The van der Waals surface area contributed by atoms with Crippen LogP contribution in [0.4, 0.5) is 11.5 Å². The van der Waals surface area contributed by atoms with E-state index in [1.807, 2.05) is 36.1 Å². The van der Waals surface area contributed by atoms with Crippen LogP contribution in [0.5, 0.6) is 5.75 Å². The van der Waals surface area contributed by atoms with Crippen molar-refractivity contribution >= 4 is 23.2 Å². The fraction of sp³-hybridized carbons (Fsp3) is 0.400. The van der Waals surface area contributed by atoms with E-state index in [1.165, 1.54) is 6.42 Å². The van der Waals surface area contributed by atoms with Gasteiger partial charge in [-0.25, -0.2) is 4.98 Å². The van der Waals surface area contributed by atoms with Gasteiger partial charge in [-0.3, -0.25) is 9.59 Å². The first-order valence-corrected chi connectivity index (χ1v) is 11.0. The van der Waals surface area contributed by atoms with Crippen LogP contribution in [-0.4, -0.2) is 47.8 Å². The Kier molecular flexibility index (Phi) is 6.07. The number of likely N-dealkylation sites (tertiary alicyclic amines) is 1. The number of fused-ring (bicyclic) bond motifs is 1. The Labute approximate surface area is 183 Å². The molecule has 1 amide bonds. The van der Waals surface area contributed by atoms with Crippen molar-refractivity contribution in [3.8, 4) is 5.75 Å². The van der Waals surface area contributed by atoms with Gasteiger partial charge in [0.1, 0.15) is 6.61 Å². The van der Waals surface area contributed by atoms with Crippen molar-refractivity contribution < 1.29 is 14.3 Å². The van der Waals surface area contributed by atoms with E-state index in [0.717, 1.165) is 43.6 Å². The highest BCUT2D eigenvalue weighted by molar-refractivity contribution is 6.09. The Bertz CT molecular complexity index is 1020. The van der Waals surface area contributed by atoms with Crippen LogP contribution in [0.3, 0.4) is 0 Å². The summed E-state index contributed by atoms with van der Waals surface area (Å²) in [5.74, 6) is 1.31. The minimum absolute atomic E-state index is 0.0200. The average Bonchev–Trinajstić information content (AvgIpc) is 2.82. The van der Waals surface area contributed by atoms with Crippen LogP contribution in [0.1, 0.15) is 59.4 Å². The van der Waals surface area contributed by atoms with Gasteiger partial charge in [0, 0.05) is 30.5 Å². The molecular weight excluding hydrogens is 390 g/mol. The number of ketones is 1. The number of rotatable bonds is 5. The van der Waals surface area contributed by atoms with Crippen molar-refractivity contribution in [2.24, 2.45) is 0 Å². The first-order valence-electron chi connectivity index (χ1n) is 11.0. The summed E-state index contributed by atoms with van der Waals surface area (Å²) in [6.45, 7) is 10.3. The maximum atomic E-state index is 12.9. The zero-order valence-electron chi connectivity index (χ0n) is 18.3. The van der Waals surface area contributed by atoms with Crippen LogP contribution < -0.4 is 9.64 Å². The van der Waals surface area contributed by atoms with Gasteiger partial charge in [0.05, 0.1) is 12.1 Å². The van der Waals surface area contributed by atoms with Crippen molar-refractivity contribution in [3.63, 3.8) is 0 Å². The molecule has 1 aromatic carbocycles. The van der Waals surface area contributed by atoms with E-state index in [0.29, 0.717) is 41.4 Å². The van der Waals surface area contributed by atoms with Gasteiger partial charge in [0.25, 0.3) is 5.91 Å². The molecular formula is C25H29N3O3. The fourth-order valence-electron chi connectivity index (χ4n) is 4.24. The zero-order valence-corrected chi connectivity index (χ0v) is 18.3. The number of anilines is 2. The third kappa shape index (κ3) is 4.20. The summed E-state index contributed by atoms with van der Waals surface area (Å²) < 4.78 is 5.86. The molecule has 1 saturated heterocycles. The number of Topliss-reactive ketones (excluding diaryl/α,β-unsaturated/α-hetero) is 1. The fourth-order valence-corrected chi connectivity index (χ4v) is 4.24. The number of aryl methyl sites for hydroxylation is 1. The molecule has 0 bridgehead atoms. The van der Waals surface area contributed by atoms with E-state index in [-0.39, 0.29) is 11.7 Å². The number of aromatic nitrogens is 1. The normalized spacial score (nSPS) is 15.8. The van der Waals surface area contributed by atoms with Gasteiger partial charge in [-0.1, -0.05) is 13.5 Å². The molecule has 31 heavy (non-hydrogen) atoms. The molecule has 1 fully saturated rings. The highest BCUT2D eigenvalue weighted by atomic mass is 16.5. The van der Waals surface area contributed by atoms with Crippen LogP contribution >= 0.6 is 0 Å². The quantitative estimate of drug-likeness (QED) is 0.525. The molecule has 0 saturated carbocycles. The van der Waals surface area contributed by atoms with E-state index in [1.54, 1.807) is 13.1 Å². The summed E-state index contributed by atoms with van der Waals surface area (Å²) in [4.78, 5) is 33.9. The molecule has 3 heterocycles. The number of allylic oxidation sites excluding steroid dienone is 1. The lowest BCUT2D eigenvalue weighted by atomic mass is 9.97. The molecule has 2 aliphatic rings. The minimum atomic E-state index is -0.0234. The first kappa shape index (κ1) is 21.1. The van der Waals surface area contributed by atoms with Crippen LogP contribution in [-0.2, 0) is 6.42 Å². The highest BCUT2D eigenvalue weighted by Gasteiger charge is 2.25. The second-order valence-electron chi connectivity index (χ2n) is 8.20. The molecule has 0 aliphatic carbocycles. The molecule has 0 spiro atoms. The number of nitrogens with zero attached hydrogens (tertiary/aromatic N) is 3. The Morgan fingerprint density at radius 2 is 1.90 bits per heavy atom. The number of carbonyl (C=O) groups is 2. The Morgan fingerprint density at radius 3 is 2.61 bits per heavy atom. The average molecular weight is 420 g/mol. The van der Waals surface area contributed by atoms with Crippen molar-refractivity contribution in [3.05, 3.63) is 59.3 Å². The molecule has 2 aromatic rings. The van der Waals surface area contributed by atoms with Gasteiger partial charge >= 0.3 is 0 Å². The second-order valence-corrected chi connectivity index (χ2v) is 8.20. The third-order valence-electron chi connectivity index (χ3n) is 5.96. The number of piperidine rings is 1. The summed E-state index contributed by atoms with van der Waals surface area (Å²) in [6.07, 6.45) is 5.68. The summed E-state index contributed by atoms with van der Waals surface area (Å²) >= 11 is 0. The van der Waals surface area contributed by atoms with Gasteiger partial charge in [-0.2, -0.15) is 0 Å². The predicted molar refractivity (Wildman–Crippen MR) is 121 cm³/mol. The molecule has 6 nitrogen and oxygen atoms in total. The molecule has 6 heteroatoms. The van der Waals surface area contributed by atoms with E-state index >= 15 is 0 Å². The number of benzene rings is 1. The van der Waals surface area contributed by atoms with E-state index < -0.39 is 0 Å². The number of carbonyl (C=O) groups excluding carboxylic acids is 2. The standard InChI is InChI=1S/C25H29N3O3/c1-4-18-14-20(8-9-21(18)23(29)17(2)3)28-12-13-31-22-15-19(16-26-24(22)28)25(30)27-10-6-5-7-11-27/h8-9,14-16H,2,4-7,10-13H2,1,3H3. The van der Waals surface area contributed by atoms with Gasteiger partial charge < -0.3 is 14.5 Å². The zero-order chi connectivity index (χ0) is 22.0. The number of ether oxygens (including phenoxy) is 1. The van der Waals surface area contributed by atoms with Crippen molar-refractivity contribution in [1.29, 1.82) is 0 Å². The monoisotopic (exact) mass is 419 g/mol. The second kappa shape index (κ2) is 8.92. The van der Waals surface area contributed by atoms with Crippen LogP contribution in [0.15, 0.2) is 42.6 Å². The Hall–Kier alpha value is -3.15. The molecule has 0 unspecified atom stereocenters. The summed E-state index contributed by atoms with van der Waals surface area (Å²) in [7, 11) is 0. The van der Waals surface area contributed by atoms with Crippen molar-refractivity contribution in [1.82, 2.24) is 9.88 Å². The number of hydrogen-bond donors (Lipinski definition) is 0. The van der Waals surface area contributed by atoms with Crippen LogP contribution in [0.2, 0.25) is 0 Å². The van der Waals surface area contributed by atoms with Gasteiger partial charge in [0.2, 0.25) is 0 Å². The number of pyridine rings is 1. The van der Waals surface area contributed by atoms with E-state index in [4.69, 9.17) is 4.74 Å². The molecule has 0 atom stereocenters. The van der Waals surface area contributed by atoms with Crippen LogP contribution in [0, 0.1) is 0 Å². The molecule has 1 aromatic heterocycles. The number of hydrogen-bond acceptors (Lipinski definition) is 5. The maximum absolute atomic E-state index is 12.9. The van der Waals surface area contributed by atoms with E-state index in [2.05, 4.69) is 16.5 Å². The smallest absolute Gasteiger partial charge is 0.255 e. The van der Waals surface area contributed by atoms with Crippen molar-refractivity contribution in [2.75, 3.05) is 31.1 Å². The maximum Gasteiger partial charge on any atom is 0.255 e. The predicted octanol–water partition coefficient (Wildman–Crippen LogP) is 4.56. The number of amides is 1. The molecule has 0 N–H and O–H groups in total. The van der Waals surface area contributed by atoms with Gasteiger partial charge in [0.15, 0.2) is 17.4 Å². The summed E-state index contributed by atoms with van der Waals surface area (Å²) in [5.41, 5.74) is 3.74. The van der Waals surface area contributed by atoms with E-state index in [9.17, 15) is 9.59 Å². The van der Waals surface area contributed by atoms with Crippen LogP contribution in [0.25, 0.3) is 0 Å². The molecule has 4 rings (SSSR count). The molecule has 0 radical (unpaired) electrons. The Morgan fingerprint density at radius 1 is 1.13 bits per heavy atom. The summed E-state index contributed by atoms with van der Waals surface area (Å²) in [5, 5.41) is 0. The first-order chi connectivity index (χ1) is 15.0. The SMILES string of the molecule is C=C(C)C(=O)c1ccc(N2CCOc3cc(C(=O)N4CCCCC4)cnc32)cc1CC. The Balaban J connectivity index is 1.63. The largest absolute Gasteiger partial charge is 0.488 e. The minimum Gasteiger partial charge on any atom is -0.488 e. The lowest BCUT2D eigenvalue weighted by Gasteiger charge is -2.31. The third-order valence-corrected chi connectivity index (χ3v) is 5.96. The highest BCUT2D eigenvalue weighted by Crippen LogP contribution is 2.36. The lowest BCUT2D eigenvalue weighted by Crippen LogP contribution is -2.36. The van der Waals surface area contributed by atoms with Crippen molar-refractivity contribution in [2.45, 2.75) is 39.5 Å².